The molecule has 0 aliphatic carbocycles. The Morgan fingerprint density at radius 2 is 2.06 bits per heavy atom. The summed E-state index contributed by atoms with van der Waals surface area (Å²) in [5.41, 5.74) is 1.93. The second-order valence-corrected chi connectivity index (χ2v) is 8.09. The zero-order chi connectivity index (χ0) is 25.1. The molecule has 0 aliphatic heterocycles. The van der Waals surface area contributed by atoms with Crippen LogP contribution in [0.15, 0.2) is 64.4 Å². The number of amides is 1. The molecule has 10 heteroatoms. The maximum absolute atomic E-state index is 12.9. The zero-order valence-electron chi connectivity index (χ0n) is 19.3. The quantitative estimate of drug-likeness (QED) is 0.436. The SMILES string of the molecule is Cc1cc([C@@H](c2ccccc2C#N)[C@H](C)c2nc(C(=O)Nc3cnoc3)c(O)c(=O)n2C)ccn1. The van der Waals surface area contributed by atoms with Crippen molar-refractivity contribution >= 4 is 11.6 Å². The van der Waals surface area contributed by atoms with Gasteiger partial charge >= 0.3 is 0 Å². The van der Waals surface area contributed by atoms with Crippen molar-refractivity contribution in [2.24, 2.45) is 7.05 Å². The van der Waals surface area contributed by atoms with Crippen molar-refractivity contribution in [3.63, 3.8) is 0 Å². The van der Waals surface area contributed by atoms with Gasteiger partial charge in [-0.25, -0.2) is 4.98 Å². The molecule has 0 bridgehead atoms. The Morgan fingerprint density at radius 1 is 1.29 bits per heavy atom. The number of nitrogens with one attached hydrogen (secondary N) is 1. The number of pyridine rings is 1. The lowest BCUT2D eigenvalue weighted by Crippen LogP contribution is -2.29. The van der Waals surface area contributed by atoms with Crippen LogP contribution in [-0.2, 0) is 7.05 Å². The van der Waals surface area contributed by atoms with Crippen molar-refractivity contribution in [1.82, 2.24) is 19.7 Å². The Hall–Kier alpha value is -4.78. The highest BCUT2D eigenvalue weighted by Gasteiger charge is 2.30. The molecule has 35 heavy (non-hydrogen) atoms. The Kier molecular flexibility index (Phi) is 6.42. The maximum Gasteiger partial charge on any atom is 0.296 e. The number of aromatic nitrogens is 4. The summed E-state index contributed by atoms with van der Waals surface area (Å²) in [5.74, 6) is -2.18. The molecule has 4 rings (SSSR count). The molecule has 2 N–H and O–H groups in total. The van der Waals surface area contributed by atoms with E-state index < -0.39 is 34.7 Å². The number of rotatable bonds is 6. The number of hydrogen-bond acceptors (Lipinski definition) is 8. The van der Waals surface area contributed by atoms with Gasteiger partial charge in [-0.3, -0.25) is 19.1 Å². The number of carbonyl (C=O) groups is 1. The lowest BCUT2D eigenvalue weighted by Gasteiger charge is -2.27. The second kappa shape index (κ2) is 9.61. The highest BCUT2D eigenvalue weighted by molar-refractivity contribution is 6.04. The molecule has 0 aliphatic rings. The minimum Gasteiger partial charge on any atom is -0.501 e. The second-order valence-electron chi connectivity index (χ2n) is 8.09. The molecular weight excluding hydrogens is 448 g/mol. The average Bonchev–Trinajstić information content (AvgIpc) is 3.36. The third kappa shape index (κ3) is 4.52. The molecule has 0 fully saturated rings. The van der Waals surface area contributed by atoms with Crippen LogP contribution in [0.5, 0.6) is 5.75 Å². The lowest BCUT2D eigenvalue weighted by molar-refractivity contribution is 0.101. The summed E-state index contributed by atoms with van der Waals surface area (Å²) in [5, 5.41) is 26.2. The fraction of sp³-hybridized carbons (Fsp3) is 0.200. The van der Waals surface area contributed by atoms with Gasteiger partial charge in [-0.1, -0.05) is 30.3 Å². The molecule has 176 valence electrons. The maximum atomic E-state index is 12.9. The van der Waals surface area contributed by atoms with E-state index in [0.29, 0.717) is 5.56 Å². The van der Waals surface area contributed by atoms with E-state index >= 15 is 0 Å². The lowest BCUT2D eigenvalue weighted by atomic mass is 9.79. The van der Waals surface area contributed by atoms with E-state index in [2.05, 4.69) is 26.5 Å². The Labute approximate surface area is 200 Å². The van der Waals surface area contributed by atoms with Crippen molar-refractivity contribution in [2.45, 2.75) is 25.7 Å². The van der Waals surface area contributed by atoms with Gasteiger partial charge in [0.15, 0.2) is 5.69 Å². The number of benzene rings is 1. The standard InChI is InChI=1S/C25H22N6O4/c1-14-10-16(8-9-27-14)20(19-7-5-4-6-17(19)11-26)15(2)23-30-21(22(32)25(34)31(23)3)24(33)29-18-12-28-35-13-18/h4-10,12-13,15,20,32H,1-3H3,(H,29,33)/t15-,20-/m0/s1. The summed E-state index contributed by atoms with van der Waals surface area (Å²) in [6.07, 6.45) is 4.17. The normalized spacial score (nSPS) is 12.5. The predicted molar refractivity (Wildman–Crippen MR) is 126 cm³/mol. The smallest absolute Gasteiger partial charge is 0.296 e. The van der Waals surface area contributed by atoms with E-state index in [0.717, 1.165) is 16.8 Å². The molecule has 0 unspecified atom stereocenters. The predicted octanol–water partition coefficient (Wildman–Crippen LogP) is 3.24. The summed E-state index contributed by atoms with van der Waals surface area (Å²) in [4.78, 5) is 34.4. The summed E-state index contributed by atoms with van der Waals surface area (Å²) in [6.45, 7) is 3.72. The topological polar surface area (TPSA) is 147 Å². The zero-order valence-corrected chi connectivity index (χ0v) is 19.3. The molecule has 1 amide bonds. The van der Waals surface area contributed by atoms with Gasteiger partial charge in [-0.2, -0.15) is 5.26 Å². The van der Waals surface area contributed by atoms with Crippen LogP contribution in [0.3, 0.4) is 0 Å². The van der Waals surface area contributed by atoms with E-state index in [-0.39, 0.29) is 11.5 Å². The summed E-state index contributed by atoms with van der Waals surface area (Å²) >= 11 is 0. The first-order valence-corrected chi connectivity index (χ1v) is 10.7. The van der Waals surface area contributed by atoms with Gasteiger partial charge in [0, 0.05) is 30.8 Å². The van der Waals surface area contributed by atoms with Crippen molar-refractivity contribution in [2.75, 3.05) is 5.32 Å². The molecule has 0 saturated carbocycles. The summed E-state index contributed by atoms with van der Waals surface area (Å²) in [6, 6.07) is 13.2. The third-order valence-electron chi connectivity index (χ3n) is 5.81. The van der Waals surface area contributed by atoms with Crippen LogP contribution in [-0.4, -0.2) is 30.7 Å². The molecule has 0 radical (unpaired) electrons. The number of nitriles is 1. The fourth-order valence-electron chi connectivity index (χ4n) is 4.15. The van der Waals surface area contributed by atoms with Crippen molar-refractivity contribution < 1.29 is 14.4 Å². The highest BCUT2D eigenvalue weighted by Crippen LogP contribution is 2.39. The number of nitrogens with zero attached hydrogens (tertiary/aromatic N) is 5. The Balaban J connectivity index is 1.87. The van der Waals surface area contributed by atoms with Crippen LogP contribution < -0.4 is 10.9 Å². The van der Waals surface area contributed by atoms with Gasteiger partial charge in [-0.05, 0) is 36.2 Å². The average molecular weight is 470 g/mol. The van der Waals surface area contributed by atoms with E-state index in [4.69, 9.17) is 4.52 Å². The van der Waals surface area contributed by atoms with Gasteiger partial charge in [-0.15, -0.1) is 0 Å². The Bertz CT molecular complexity index is 1490. The molecule has 10 nitrogen and oxygen atoms in total. The molecule has 4 aromatic rings. The minimum atomic E-state index is -0.786. The number of aromatic hydroxyl groups is 1. The van der Waals surface area contributed by atoms with Gasteiger partial charge < -0.3 is 14.9 Å². The monoisotopic (exact) mass is 470 g/mol. The number of hydrogen-bond donors (Lipinski definition) is 2. The van der Waals surface area contributed by atoms with Gasteiger partial charge in [0.25, 0.3) is 11.5 Å². The highest BCUT2D eigenvalue weighted by atomic mass is 16.5. The first kappa shape index (κ1) is 23.4. The third-order valence-corrected chi connectivity index (χ3v) is 5.81. The van der Waals surface area contributed by atoms with Crippen molar-refractivity contribution in [1.29, 1.82) is 5.26 Å². The van der Waals surface area contributed by atoms with E-state index in [1.165, 1.54) is 24.1 Å². The number of anilines is 1. The molecule has 3 aromatic heterocycles. The molecule has 1 aromatic carbocycles. The fourth-order valence-corrected chi connectivity index (χ4v) is 4.15. The molecule has 2 atom stereocenters. The van der Waals surface area contributed by atoms with E-state index in [9.17, 15) is 20.0 Å². The van der Waals surface area contributed by atoms with Crippen LogP contribution in [0, 0.1) is 18.3 Å². The minimum absolute atomic E-state index is 0.250. The molecule has 0 saturated heterocycles. The van der Waals surface area contributed by atoms with Crippen LogP contribution in [0.4, 0.5) is 5.69 Å². The van der Waals surface area contributed by atoms with Crippen LogP contribution in [0.2, 0.25) is 0 Å². The van der Waals surface area contributed by atoms with Crippen molar-refractivity contribution in [3.05, 3.63) is 99.3 Å². The Morgan fingerprint density at radius 3 is 2.74 bits per heavy atom. The largest absolute Gasteiger partial charge is 0.501 e. The van der Waals surface area contributed by atoms with E-state index in [1.54, 1.807) is 18.3 Å². The summed E-state index contributed by atoms with van der Waals surface area (Å²) < 4.78 is 5.92. The van der Waals surface area contributed by atoms with E-state index in [1.807, 2.05) is 38.1 Å². The molecule has 0 spiro atoms. The first-order chi connectivity index (χ1) is 16.8. The van der Waals surface area contributed by atoms with Crippen molar-refractivity contribution in [3.8, 4) is 11.8 Å². The number of aryl methyl sites for hydroxylation is 1. The van der Waals surface area contributed by atoms with Crippen LogP contribution in [0.1, 0.15) is 57.5 Å². The van der Waals surface area contributed by atoms with Gasteiger partial charge in [0.2, 0.25) is 5.75 Å². The number of carbonyl (C=O) groups excluding carboxylic acids is 1. The van der Waals surface area contributed by atoms with Crippen LogP contribution in [0.25, 0.3) is 0 Å². The van der Waals surface area contributed by atoms with Gasteiger partial charge in [0.05, 0.1) is 17.8 Å². The summed E-state index contributed by atoms with van der Waals surface area (Å²) in [7, 11) is 1.48. The first-order valence-electron chi connectivity index (χ1n) is 10.7. The van der Waals surface area contributed by atoms with Crippen LogP contribution >= 0.6 is 0 Å². The molecular formula is C25H22N6O4. The van der Waals surface area contributed by atoms with Gasteiger partial charge in [0.1, 0.15) is 17.8 Å². The molecule has 3 heterocycles.